The zero-order chi connectivity index (χ0) is 18.4. The van der Waals surface area contributed by atoms with Crippen LogP contribution in [-0.2, 0) is 9.53 Å². The summed E-state index contributed by atoms with van der Waals surface area (Å²) in [6.45, 7) is 3.20. The minimum Gasteiger partial charge on any atom is -0.452 e. The third-order valence-corrected chi connectivity index (χ3v) is 3.61. The molecule has 0 heterocycles. The standard InChI is InChI=1S/C18H17ClN2O4/c1-11-3-8-15(12(2)9-11)18(24)25-10-16(22)20-21-17(23)13-4-6-14(19)7-5-13/h3-9H,10H2,1-2H3,(H,20,22)(H,21,23). The first-order valence-corrected chi connectivity index (χ1v) is 7.84. The Labute approximate surface area is 150 Å². The number of ether oxygens (including phenoxy) is 1. The molecular weight excluding hydrogens is 344 g/mol. The molecule has 25 heavy (non-hydrogen) atoms. The van der Waals surface area contributed by atoms with Gasteiger partial charge in [-0.3, -0.25) is 20.4 Å². The van der Waals surface area contributed by atoms with Crippen molar-refractivity contribution >= 4 is 29.4 Å². The highest BCUT2D eigenvalue weighted by molar-refractivity contribution is 6.30. The monoisotopic (exact) mass is 360 g/mol. The van der Waals surface area contributed by atoms with E-state index >= 15 is 0 Å². The van der Waals surface area contributed by atoms with Crippen LogP contribution in [0.25, 0.3) is 0 Å². The molecule has 0 radical (unpaired) electrons. The first-order chi connectivity index (χ1) is 11.9. The van der Waals surface area contributed by atoms with Crippen molar-refractivity contribution in [2.45, 2.75) is 13.8 Å². The molecule has 0 aliphatic carbocycles. The van der Waals surface area contributed by atoms with E-state index in [0.717, 1.165) is 11.1 Å². The van der Waals surface area contributed by atoms with Crippen LogP contribution in [0.15, 0.2) is 42.5 Å². The molecule has 0 saturated carbocycles. The predicted molar refractivity (Wildman–Crippen MR) is 93.3 cm³/mol. The maximum atomic E-state index is 12.0. The fourth-order valence-electron chi connectivity index (χ4n) is 2.09. The Morgan fingerprint density at radius 3 is 2.32 bits per heavy atom. The zero-order valence-electron chi connectivity index (χ0n) is 13.8. The lowest BCUT2D eigenvalue weighted by Crippen LogP contribution is -2.43. The van der Waals surface area contributed by atoms with E-state index in [9.17, 15) is 14.4 Å². The van der Waals surface area contributed by atoms with Gasteiger partial charge in [-0.25, -0.2) is 4.79 Å². The Hall–Kier alpha value is -2.86. The molecule has 0 aliphatic heterocycles. The van der Waals surface area contributed by atoms with Crippen LogP contribution in [0, 0.1) is 13.8 Å². The second-order valence-corrected chi connectivity index (χ2v) is 5.84. The third-order valence-electron chi connectivity index (χ3n) is 3.36. The molecule has 2 aromatic carbocycles. The summed E-state index contributed by atoms with van der Waals surface area (Å²) in [7, 11) is 0. The number of halogens is 1. The minimum absolute atomic E-state index is 0.331. The number of benzene rings is 2. The third kappa shape index (κ3) is 5.32. The highest BCUT2D eigenvalue weighted by Crippen LogP contribution is 2.12. The van der Waals surface area contributed by atoms with Crippen LogP contribution >= 0.6 is 11.6 Å². The molecule has 0 aliphatic rings. The summed E-state index contributed by atoms with van der Waals surface area (Å²) in [5.74, 6) is -1.76. The van der Waals surface area contributed by atoms with Gasteiger partial charge in [-0.15, -0.1) is 0 Å². The van der Waals surface area contributed by atoms with Crippen molar-refractivity contribution in [3.8, 4) is 0 Å². The minimum atomic E-state index is -0.652. The van der Waals surface area contributed by atoms with Crippen LogP contribution in [-0.4, -0.2) is 24.4 Å². The molecule has 0 fully saturated rings. The van der Waals surface area contributed by atoms with E-state index < -0.39 is 24.4 Å². The maximum Gasteiger partial charge on any atom is 0.338 e. The topological polar surface area (TPSA) is 84.5 Å². The molecule has 0 bridgehead atoms. The summed E-state index contributed by atoms with van der Waals surface area (Å²) in [6.07, 6.45) is 0. The van der Waals surface area contributed by atoms with Crippen LogP contribution < -0.4 is 10.9 Å². The smallest absolute Gasteiger partial charge is 0.338 e. The van der Waals surface area contributed by atoms with Crippen molar-refractivity contribution in [2.75, 3.05) is 6.61 Å². The molecule has 0 unspecified atom stereocenters. The average molecular weight is 361 g/mol. The molecule has 2 aromatic rings. The van der Waals surface area contributed by atoms with Gasteiger partial charge in [-0.1, -0.05) is 29.3 Å². The van der Waals surface area contributed by atoms with Crippen molar-refractivity contribution in [2.24, 2.45) is 0 Å². The SMILES string of the molecule is Cc1ccc(C(=O)OCC(=O)NNC(=O)c2ccc(Cl)cc2)c(C)c1. The lowest BCUT2D eigenvalue weighted by molar-refractivity contribution is -0.125. The van der Waals surface area contributed by atoms with Crippen LogP contribution in [0.1, 0.15) is 31.8 Å². The second kappa shape index (κ2) is 8.30. The van der Waals surface area contributed by atoms with Gasteiger partial charge < -0.3 is 4.74 Å². The van der Waals surface area contributed by atoms with Crippen LogP contribution in [0.3, 0.4) is 0 Å². The Kier molecular flexibility index (Phi) is 6.14. The fourth-order valence-corrected chi connectivity index (χ4v) is 2.21. The Balaban J connectivity index is 1.81. The number of hydrazine groups is 1. The van der Waals surface area contributed by atoms with Crippen LogP contribution in [0.4, 0.5) is 0 Å². The largest absolute Gasteiger partial charge is 0.452 e. The van der Waals surface area contributed by atoms with Gasteiger partial charge in [-0.2, -0.15) is 0 Å². The molecule has 0 saturated heterocycles. The molecule has 0 spiro atoms. The fraction of sp³-hybridized carbons (Fsp3) is 0.167. The molecule has 2 rings (SSSR count). The summed E-state index contributed by atoms with van der Waals surface area (Å²) >= 11 is 5.74. The van der Waals surface area contributed by atoms with E-state index in [-0.39, 0.29) is 0 Å². The number of hydrogen-bond donors (Lipinski definition) is 2. The van der Waals surface area contributed by atoms with Crippen LogP contribution in [0.2, 0.25) is 5.02 Å². The number of esters is 1. The molecule has 0 aromatic heterocycles. The summed E-state index contributed by atoms with van der Waals surface area (Å²) in [4.78, 5) is 35.5. The van der Waals surface area contributed by atoms with Gasteiger partial charge in [0.2, 0.25) is 0 Å². The molecule has 6 nitrogen and oxygen atoms in total. The number of amides is 2. The number of rotatable bonds is 4. The van der Waals surface area contributed by atoms with E-state index in [1.807, 2.05) is 13.0 Å². The van der Waals surface area contributed by atoms with E-state index in [2.05, 4.69) is 10.9 Å². The van der Waals surface area contributed by atoms with Gasteiger partial charge in [0.05, 0.1) is 5.56 Å². The number of nitrogens with one attached hydrogen (secondary N) is 2. The van der Waals surface area contributed by atoms with Crippen molar-refractivity contribution in [3.63, 3.8) is 0 Å². The predicted octanol–water partition coefficient (Wildman–Crippen LogP) is 2.57. The van der Waals surface area contributed by atoms with Gasteiger partial charge >= 0.3 is 5.97 Å². The number of hydrogen-bond acceptors (Lipinski definition) is 4. The van der Waals surface area contributed by atoms with Gasteiger partial charge in [0.15, 0.2) is 6.61 Å². The molecule has 130 valence electrons. The van der Waals surface area contributed by atoms with Gasteiger partial charge in [0.25, 0.3) is 11.8 Å². The Bertz CT molecular complexity index is 803. The number of carbonyl (C=O) groups excluding carboxylic acids is 3. The second-order valence-electron chi connectivity index (χ2n) is 5.40. The van der Waals surface area contributed by atoms with Crippen molar-refractivity contribution in [1.29, 1.82) is 0 Å². The summed E-state index contributed by atoms with van der Waals surface area (Å²) < 4.78 is 4.94. The lowest BCUT2D eigenvalue weighted by Gasteiger charge is -2.09. The van der Waals surface area contributed by atoms with Crippen molar-refractivity contribution in [1.82, 2.24) is 10.9 Å². The highest BCUT2D eigenvalue weighted by Gasteiger charge is 2.13. The summed E-state index contributed by atoms with van der Waals surface area (Å²) in [6, 6.07) is 11.4. The first kappa shape index (κ1) is 18.5. The van der Waals surface area contributed by atoms with E-state index in [1.54, 1.807) is 31.2 Å². The van der Waals surface area contributed by atoms with E-state index in [1.165, 1.54) is 12.1 Å². The molecule has 2 N–H and O–H groups in total. The van der Waals surface area contributed by atoms with Gasteiger partial charge in [0.1, 0.15) is 0 Å². The van der Waals surface area contributed by atoms with E-state index in [4.69, 9.17) is 16.3 Å². The Morgan fingerprint density at radius 1 is 1.00 bits per heavy atom. The molecule has 2 amide bonds. The first-order valence-electron chi connectivity index (χ1n) is 7.46. The van der Waals surface area contributed by atoms with Gasteiger partial charge in [-0.05, 0) is 49.7 Å². The highest BCUT2D eigenvalue weighted by atomic mass is 35.5. The molecular formula is C18H17ClN2O4. The summed E-state index contributed by atoms with van der Waals surface area (Å²) in [5, 5.41) is 0.499. The van der Waals surface area contributed by atoms with Crippen LogP contribution in [0.5, 0.6) is 0 Å². The number of aryl methyl sites for hydroxylation is 2. The summed E-state index contributed by atoms with van der Waals surface area (Å²) in [5.41, 5.74) is 6.92. The van der Waals surface area contributed by atoms with Crippen molar-refractivity contribution < 1.29 is 19.1 Å². The zero-order valence-corrected chi connectivity index (χ0v) is 14.5. The Morgan fingerprint density at radius 2 is 1.68 bits per heavy atom. The molecule has 7 heteroatoms. The van der Waals surface area contributed by atoms with Gasteiger partial charge in [0, 0.05) is 10.6 Å². The quantitative estimate of drug-likeness (QED) is 0.648. The number of carbonyl (C=O) groups is 3. The lowest BCUT2D eigenvalue weighted by atomic mass is 10.1. The van der Waals surface area contributed by atoms with Crippen molar-refractivity contribution in [3.05, 3.63) is 69.7 Å². The normalized spacial score (nSPS) is 10.0. The maximum absolute atomic E-state index is 12.0. The van der Waals surface area contributed by atoms with E-state index in [0.29, 0.717) is 16.1 Å². The molecule has 0 atom stereocenters. The average Bonchev–Trinajstić information content (AvgIpc) is 2.58.